The van der Waals surface area contributed by atoms with E-state index in [1.165, 1.54) is 19.1 Å². The molecule has 6 heteroatoms. The maximum absolute atomic E-state index is 12.0. The molecular weight excluding hydrogens is 304 g/mol. The third-order valence-electron chi connectivity index (χ3n) is 3.15. The van der Waals surface area contributed by atoms with Gasteiger partial charge in [-0.05, 0) is 32.4 Å². The number of rotatable bonds is 9. The lowest BCUT2D eigenvalue weighted by molar-refractivity contribution is -0.151. The van der Waals surface area contributed by atoms with Crippen LogP contribution in [0.2, 0.25) is 0 Å². The van der Waals surface area contributed by atoms with E-state index in [4.69, 9.17) is 8.92 Å². The quantitative estimate of drug-likeness (QED) is 0.395. The van der Waals surface area contributed by atoms with Gasteiger partial charge in [0.05, 0.1) is 11.5 Å². The molecule has 0 heterocycles. The number of carbonyl (C=O) groups is 1. The van der Waals surface area contributed by atoms with Crippen molar-refractivity contribution in [3.05, 3.63) is 29.8 Å². The number of benzene rings is 1. The molecule has 0 fully saturated rings. The van der Waals surface area contributed by atoms with Crippen molar-refractivity contribution in [2.24, 2.45) is 0 Å². The van der Waals surface area contributed by atoms with Crippen LogP contribution in [0.15, 0.2) is 29.2 Å². The Morgan fingerprint density at radius 3 is 2.36 bits per heavy atom. The monoisotopic (exact) mass is 328 g/mol. The van der Waals surface area contributed by atoms with E-state index in [9.17, 15) is 13.2 Å². The van der Waals surface area contributed by atoms with Crippen LogP contribution in [0.25, 0.3) is 0 Å². The first kappa shape index (κ1) is 18.6. The van der Waals surface area contributed by atoms with Crippen LogP contribution in [0.1, 0.15) is 45.1 Å². The van der Waals surface area contributed by atoms with Crippen LogP contribution >= 0.6 is 0 Å². The summed E-state index contributed by atoms with van der Waals surface area (Å²) in [7, 11) is -3.96. The summed E-state index contributed by atoms with van der Waals surface area (Å²) < 4.78 is 34.0. The predicted octanol–water partition coefficient (Wildman–Crippen LogP) is 3.21. The summed E-state index contributed by atoms with van der Waals surface area (Å²) in [6, 6.07) is 6.25. The van der Waals surface area contributed by atoms with E-state index in [0.717, 1.165) is 31.2 Å². The summed E-state index contributed by atoms with van der Waals surface area (Å²) in [6.07, 6.45) is 2.79. The average Bonchev–Trinajstić information content (AvgIpc) is 2.46. The third kappa shape index (κ3) is 6.15. The standard InChI is InChI=1S/C16H24O5S/c1-4-5-6-7-12-20-16(17)14(3)21-22(18,19)15-10-8-13(2)9-11-15/h8-11,14H,4-7,12H2,1-3H3. The first-order valence-corrected chi connectivity index (χ1v) is 8.94. The molecule has 1 atom stereocenters. The number of hydrogen-bond acceptors (Lipinski definition) is 5. The Morgan fingerprint density at radius 2 is 1.77 bits per heavy atom. The fourth-order valence-corrected chi connectivity index (χ4v) is 2.85. The first-order chi connectivity index (χ1) is 10.4. The highest BCUT2D eigenvalue weighted by molar-refractivity contribution is 7.86. The molecule has 0 spiro atoms. The van der Waals surface area contributed by atoms with Crippen molar-refractivity contribution in [1.82, 2.24) is 0 Å². The Labute approximate surface area is 132 Å². The van der Waals surface area contributed by atoms with Crippen LogP contribution in [-0.4, -0.2) is 27.1 Å². The molecule has 5 nitrogen and oxygen atoms in total. The lowest BCUT2D eigenvalue weighted by Gasteiger charge is -2.12. The molecule has 124 valence electrons. The molecule has 0 aliphatic heterocycles. The van der Waals surface area contributed by atoms with Crippen molar-refractivity contribution in [3.8, 4) is 0 Å². The molecule has 0 bridgehead atoms. The zero-order valence-electron chi connectivity index (χ0n) is 13.4. The Hall–Kier alpha value is -1.40. The summed E-state index contributed by atoms with van der Waals surface area (Å²) in [5, 5.41) is 0. The molecule has 0 saturated carbocycles. The number of ether oxygens (including phenoxy) is 1. The van der Waals surface area contributed by atoms with E-state index in [0.29, 0.717) is 0 Å². The molecule has 0 radical (unpaired) electrons. The summed E-state index contributed by atoms with van der Waals surface area (Å²) in [6.45, 7) is 5.62. The van der Waals surface area contributed by atoms with E-state index in [1.54, 1.807) is 12.1 Å². The highest BCUT2D eigenvalue weighted by Gasteiger charge is 2.24. The van der Waals surface area contributed by atoms with Gasteiger partial charge in [-0.3, -0.25) is 4.18 Å². The van der Waals surface area contributed by atoms with Crippen LogP contribution in [0.4, 0.5) is 0 Å². The van der Waals surface area contributed by atoms with Gasteiger partial charge in [0.1, 0.15) is 0 Å². The maximum atomic E-state index is 12.0. The normalized spacial score (nSPS) is 12.9. The Morgan fingerprint density at radius 1 is 1.14 bits per heavy atom. The van der Waals surface area contributed by atoms with Crippen molar-refractivity contribution in [1.29, 1.82) is 0 Å². The molecule has 0 saturated heterocycles. The second-order valence-electron chi connectivity index (χ2n) is 5.23. The molecule has 1 aromatic carbocycles. The molecule has 0 N–H and O–H groups in total. The van der Waals surface area contributed by atoms with E-state index in [1.807, 2.05) is 6.92 Å². The van der Waals surface area contributed by atoms with E-state index in [2.05, 4.69) is 6.92 Å². The SMILES string of the molecule is CCCCCCOC(=O)C(C)OS(=O)(=O)c1ccc(C)cc1. The Balaban J connectivity index is 2.50. The van der Waals surface area contributed by atoms with Gasteiger partial charge >= 0.3 is 5.97 Å². The van der Waals surface area contributed by atoms with Crippen molar-refractivity contribution >= 4 is 16.1 Å². The Bertz CT molecular complexity index is 563. The molecule has 1 unspecified atom stereocenters. The van der Waals surface area contributed by atoms with Crippen molar-refractivity contribution < 1.29 is 22.1 Å². The maximum Gasteiger partial charge on any atom is 0.336 e. The number of esters is 1. The minimum Gasteiger partial charge on any atom is -0.464 e. The fraction of sp³-hybridized carbons (Fsp3) is 0.562. The van der Waals surface area contributed by atoms with E-state index < -0.39 is 22.2 Å². The summed E-state index contributed by atoms with van der Waals surface area (Å²) >= 11 is 0. The zero-order valence-corrected chi connectivity index (χ0v) is 14.2. The lowest BCUT2D eigenvalue weighted by atomic mass is 10.2. The summed E-state index contributed by atoms with van der Waals surface area (Å²) in [5.74, 6) is -0.660. The van der Waals surface area contributed by atoms with Gasteiger partial charge in [0.25, 0.3) is 10.1 Å². The summed E-state index contributed by atoms with van der Waals surface area (Å²) in [5.41, 5.74) is 0.943. The van der Waals surface area contributed by atoms with Gasteiger partial charge in [0, 0.05) is 0 Å². The Kier molecular flexibility index (Phi) is 7.55. The number of carbonyl (C=O) groups excluding carboxylic acids is 1. The third-order valence-corrected chi connectivity index (χ3v) is 4.55. The van der Waals surface area contributed by atoms with Crippen molar-refractivity contribution in [2.75, 3.05) is 6.61 Å². The van der Waals surface area contributed by atoms with Crippen LogP contribution < -0.4 is 0 Å². The van der Waals surface area contributed by atoms with Crippen LogP contribution in [0.3, 0.4) is 0 Å². The predicted molar refractivity (Wildman–Crippen MR) is 84.0 cm³/mol. The second-order valence-corrected chi connectivity index (χ2v) is 6.81. The first-order valence-electron chi connectivity index (χ1n) is 7.53. The molecule has 0 amide bonds. The molecule has 0 aromatic heterocycles. The van der Waals surface area contributed by atoms with Gasteiger partial charge < -0.3 is 4.74 Å². The lowest BCUT2D eigenvalue weighted by Crippen LogP contribution is -2.26. The molecule has 1 aromatic rings. The van der Waals surface area contributed by atoms with E-state index >= 15 is 0 Å². The minimum absolute atomic E-state index is 0.0284. The smallest absolute Gasteiger partial charge is 0.336 e. The molecule has 22 heavy (non-hydrogen) atoms. The highest BCUT2D eigenvalue weighted by Crippen LogP contribution is 2.15. The largest absolute Gasteiger partial charge is 0.464 e. The van der Waals surface area contributed by atoms with Crippen LogP contribution in [0, 0.1) is 6.92 Å². The number of aryl methyl sites for hydroxylation is 1. The topological polar surface area (TPSA) is 69.7 Å². The highest BCUT2D eigenvalue weighted by atomic mass is 32.2. The second kappa shape index (κ2) is 8.90. The molecule has 0 aliphatic rings. The van der Waals surface area contributed by atoms with Crippen LogP contribution in [0.5, 0.6) is 0 Å². The van der Waals surface area contributed by atoms with Gasteiger partial charge in [-0.1, -0.05) is 43.9 Å². The molecule has 0 aliphatic carbocycles. The van der Waals surface area contributed by atoms with Crippen molar-refractivity contribution in [3.63, 3.8) is 0 Å². The summed E-state index contributed by atoms with van der Waals surface area (Å²) in [4.78, 5) is 11.8. The zero-order chi connectivity index (χ0) is 16.6. The van der Waals surface area contributed by atoms with Crippen molar-refractivity contribution in [2.45, 2.75) is 57.5 Å². The van der Waals surface area contributed by atoms with Crippen LogP contribution in [-0.2, 0) is 23.8 Å². The number of hydrogen-bond donors (Lipinski definition) is 0. The minimum atomic E-state index is -3.96. The van der Waals surface area contributed by atoms with Gasteiger partial charge in [-0.25, -0.2) is 4.79 Å². The number of unbranched alkanes of at least 4 members (excludes halogenated alkanes) is 3. The van der Waals surface area contributed by atoms with Gasteiger partial charge in [0.15, 0.2) is 6.10 Å². The molecular formula is C16H24O5S. The van der Waals surface area contributed by atoms with Gasteiger partial charge in [0.2, 0.25) is 0 Å². The van der Waals surface area contributed by atoms with Gasteiger partial charge in [-0.2, -0.15) is 8.42 Å². The fourth-order valence-electron chi connectivity index (χ4n) is 1.81. The molecule has 1 rings (SSSR count). The van der Waals surface area contributed by atoms with Gasteiger partial charge in [-0.15, -0.1) is 0 Å². The van der Waals surface area contributed by atoms with E-state index in [-0.39, 0.29) is 11.5 Å². The average molecular weight is 328 g/mol.